The molecule has 0 saturated carbocycles. The summed E-state index contributed by atoms with van der Waals surface area (Å²) in [5, 5.41) is 0. The molecule has 0 atom stereocenters. The maximum Gasteiger partial charge on any atom is 0.135 e. The molecule has 0 saturated heterocycles. The topological polar surface area (TPSA) is 26.3 Å². The zero-order valence-electron chi connectivity index (χ0n) is 12.8. The van der Waals surface area contributed by atoms with Gasteiger partial charge in [0.2, 0.25) is 0 Å². The van der Waals surface area contributed by atoms with Crippen LogP contribution in [-0.4, -0.2) is 18.5 Å². The van der Waals surface area contributed by atoms with Gasteiger partial charge in [0.1, 0.15) is 5.78 Å². The molecule has 0 aliphatic carbocycles. The van der Waals surface area contributed by atoms with E-state index >= 15 is 0 Å². The molecule has 0 amide bonds. The first-order chi connectivity index (χ1) is 8.54. The van der Waals surface area contributed by atoms with Crippen LogP contribution in [-0.2, 0) is 9.53 Å². The fraction of sp³-hybridized carbons (Fsp3) is 0.938. The van der Waals surface area contributed by atoms with Crippen LogP contribution in [0.3, 0.4) is 0 Å². The third-order valence-electron chi connectivity index (χ3n) is 3.16. The van der Waals surface area contributed by atoms with Crippen molar-refractivity contribution in [3.8, 4) is 0 Å². The van der Waals surface area contributed by atoms with Crippen LogP contribution in [0.1, 0.15) is 79.1 Å². The Bertz CT molecular complexity index is 197. The van der Waals surface area contributed by atoms with Crippen molar-refractivity contribution in [2.24, 2.45) is 5.92 Å². The fourth-order valence-corrected chi connectivity index (χ4v) is 1.89. The second-order valence-corrected chi connectivity index (χ2v) is 5.77. The van der Waals surface area contributed by atoms with Gasteiger partial charge in [-0.2, -0.15) is 0 Å². The maximum absolute atomic E-state index is 11.4. The molecule has 0 radical (unpaired) electrons. The summed E-state index contributed by atoms with van der Waals surface area (Å²) in [5.41, 5.74) is 0. The minimum Gasteiger partial charge on any atom is -0.379 e. The van der Waals surface area contributed by atoms with Gasteiger partial charge in [0.25, 0.3) is 0 Å². The van der Waals surface area contributed by atoms with Gasteiger partial charge in [-0.3, -0.25) is 4.79 Å². The third-order valence-corrected chi connectivity index (χ3v) is 3.16. The summed E-state index contributed by atoms with van der Waals surface area (Å²) >= 11 is 0. The Morgan fingerprint density at radius 3 is 1.83 bits per heavy atom. The molecule has 0 unspecified atom stereocenters. The van der Waals surface area contributed by atoms with Crippen molar-refractivity contribution >= 4 is 5.78 Å². The molecule has 0 aliphatic rings. The molecule has 0 aliphatic heterocycles. The number of rotatable bonds is 12. The zero-order valence-corrected chi connectivity index (χ0v) is 12.8. The van der Waals surface area contributed by atoms with Gasteiger partial charge in [0.05, 0.1) is 6.10 Å². The quantitative estimate of drug-likeness (QED) is 0.471. The van der Waals surface area contributed by atoms with Crippen LogP contribution in [0.15, 0.2) is 0 Å². The van der Waals surface area contributed by atoms with Crippen molar-refractivity contribution < 1.29 is 9.53 Å². The number of ether oxygens (including phenoxy) is 1. The Balaban J connectivity index is 3.10. The van der Waals surface area contributed by atoms with E-state index in [9.17, 15) is 4.79 Å². The van der Waals surface area contributed by atoms with E-state index in [0.29, 0.717) is 11.9 Å². The van der Waals surface area contributed by atoms with Crippen molar-refractivity contribution in [2.45, 2.75) is 85.2 Å². The summed E-state index contributed by atoms with van der Waals surface area (Å²) in [6.45, 7) is 9.04. The first kappa shape index (κ1) is 17.6. The summed E-state index contributed by atoms with van der Waals surface area (Å²) < 4.78 is 5.50. The lowest BCUT2D eigenvalue weighted by Crippen LogP contribution is -2.06. The summed E-state index contributed by atoms with van der Waals surface area (Å²) in [6.07, 6.45) is 9.77. The largest absolute Gasteiger partial charge is 0.379 e. The van der Waals surface area contributed by atoms with Gasteiger partial charge >= 0.3 is 0 Å². The van der Waals surface area contributed by atoms with Crippen molar-refractivity contribution in [3.63, 3.8) is 0 Å². The van der Waals surface area contributed by atoms with Gasteiger partial charge in [-0.25, -0.2) is 0 Å². The average molecular weight is 256 g/mol. The SMILES string of the molecule is CC(C)OCCCCCCCCCC(=O)C(C)C. The van der Waals surface area contributed by atoms with Crippen LogP contribution in [0.4, 0.5) is 0 Å². The molecule has 18 heavy (non-hydrogen) atoms. The van der Waals surface area contributed by atoms with Gasteiger partial charge in [0.15, 0.2) is 0 Å². The standard InChI is InChI=1S/C16H32O2/c1-14(2)16(17)12-10-8-6-5-7-9-11-13-18-15(3)4/h14-15H,5-13H2,1-4H3. The van der Waals surface area contributed by atoms with E-state index in [1.165, 1.54) is 38.5 Å². The molecule has 0 rings (SSSR count). The lowest BCUT2D eigenvalue weighted by Gasteiger charge is -2.07. The Morgan fingerprint density at radius 2 is 1.33 bits per heavy atom. The van der Waals surface area contributed by atoms with E-state index in [4.69, 9.17) is 4.74 Å². The van der Waals surface area contributed by atoms with Crippen LogP contribution in [0.2, 0.25) is 0 Å². The monoisotopic (exact) mass is 256 g/mol. The van der Waals surface area contributed by atoms with Crippen LogP contribution >= 0.6 is 0 Å². The van der Waals surface area contributed by atoms with Crippen molar-refractivity contribution in [2.75, 3.05) is 6.61 Å². The Morgan fingerprint density at radius 1 is 0.833 bits per heavy atom. The maximum atomic E-state index is 11.4. The highest BCUT2D eigenvalue weighted by Gasteiger charge is 2.05. The molecule has 108 valence electrons. The van der Waals surface area contributed by atoms with Gasteiger partial charge in [-0.15, -0.1) is 0 Å². The van der Waals surface area contributed by atoms with Gasteiger partial charge < -0.3 is 4.74 Å². The minimum atomic E-state index is 0.214. The molecule has 0 bridgehead atoms. The zero-order chi connectivity index (χ0) is 13.8. The molecular formula is C16H32O2. The van der Waals surface area contributed by atoms with E-state index in [2.05, 4.69) is 13.8 Å². The van der Waals surface area contributed by atoms with Crippen LogP contribution < -0.4 is 0 Å². The van der Waals surface area contributed by atoms with Crippen molar-refractivity contribution in [1.29, 1.82) is 0 Å². The average Bonchev–Trinajstić information content (AvgIpc) is 2.30. The number of hydrogen-bond donors (Lipinski definition) is 0. The summed E-state index contributed by atoms with van der Waals surface area (Å²) in [7, 11) is 0. The number of carbonyl (C=O) groups is 1. The van der Waals surface area contributed by atoms with E-state index < -0.39 is 0 Å². The van der Waals surface area contributed by atoms with E-state index in [0.717, 1.165) is 19.4 Å². The molecule has 0 aromatic rings. The number of hydrogen-bond acceptors (Lipinski definition) is 2. The Kier molecular flexibility index (Phi) is 11.5. The minimum absolute atomic E-state index is 0.214. The second kappa shape index (κ2) is 11.7. The lowest BCUT2D eigenvalue weighted by atomic mass is 10.0. The van der Waals surface area contributed by atoms with E-state index in [1.807, 2.05) is 13.8 Å². The molecule has 0 aromatic heterocycles. The number of carbonyl (C=O) groups excluding carboxylic acids is 1. The molecule has 2 heteroatoms. The summed E-state index contributed by atoms with van der Waals surface area (Å²) in [4.78, 5) is 11.4. The Hall–Kier alpha value is -0.370. The molecule has 0 fully saturated rings. The predicted molar refractivity (Wildman–Crippen MR) is 77.9 cm³/mol. The van der Waals surface area contributed by atoms with E-state index in [1.54, 1.807) is 0 Å². The molecule has 0 N–H and O–H groups in total. The normalized spacial score (nSPS) is 11.4. The predicted octanol–water partition coefficient (Wildman–Crippen LogP) is 4.76. The summed E-state index contributed by atoms with van der Waals surface area (Å²) in [6, 6.07) is 0. The smallest absolute Gasteiger partial charge is 0.135 e. The van der Waals surface area contributed by atoms with Crippen LogP contribution in [0, 0.1) is 5.92 Å². The highest BCUT2D eigenvalue weighted by Crippen LogP contribution is 2.10. The second-order valence-electron chi connectivity index (χ2n) is 5.77. The summed E-state index contributed by atoms with van der Waals surface area (Å²) in [5.74, 6) is 0.631. The van der Waals surface area contributed by atoms with E-state index in [-0.39, 0.29) is 5.92 Å². The molecule has 0 aromatic carbocycles. The highest BCUT2D eigenvalue weighted by molar-refractivity contribution is 5.80. The lowest BCUT2D eigenvalue weighted by molar-refractivity contribution is -0.122. The fourth-order valence-electron chi connectivity index (χ4n) is 1.89. The van der Waals surface area contributed by atoms with Crippen molar-refractivity contribution in [1.82, 2.24) is 0 Å². The first-order valence-corrected chi connectivity index (χ1v) is 7.68. The number of ketones is 1. The molecule has 0 heterocycles. The van der Waals surface area contributed by atoms with Crippen molar-refractivity contribution in [3.05, 3.63) is 0 Å². The molecule has 2 nitrogen and oxygen atoms in total. The molecular weight excluding hydrogens is 224 g/mol. The third kappa shape index (κ3) is 12.1. The first-order valence-electron chi connectivity index (χ1n) is 7.68. The van der Waals surface area contributed by atoms with Crippen LogP contribution in [0.5, 0.6) is 0 Å². The van der Waals surface area contributed by atoms with Crippen LogP contribution in [0.25, 0.3) is 0 Å². The Labute approximate surface area is 113 Å². The number of unbranched alkanes of at least 4 members (excludes halogenated alkanes) is 6. The molecule has 0 spiro atoms. The van der Waals surface area contributed by atoms with Gasteiger partial charge in [0, 0.05) is 18.9 Å². The number of Topliss-reactive ketones (excluding diaryl/α,β-unsaturated/α-hetero) is 1. The van der Waals surface area contributed by atoms with Gasteiger partial charge in [-0.05, 0) is 26.7 Å². The highest BCUT2D eigenvalue weighted by atomic mass is 16.5. The van der Waals surface area contributed by atoms with Gasteiger partial charge in [-0.1, -0.05) is 46.0 Å².